The molecule has 10 heavy (non-hydrogen) atoms. The lowest BCUT2D eigenvalue weighted by Gasteiger charge is -2.29. The van der Waals surface area contributed by atoms with Gasteiger partial charge in [-0.25, -0.2) is 0 Å². The molecule has 1 aliphatic heterocycles. The molecule has 0 aromatic heterocycles. The van der Waals surface area contributed by atoms with Crippen molar-refractivity contribution in [1.29, 1.82) is 0 Å². The SMILES string of the molecule is OCC1CNC2(CC2)CO1. The molecule has 0 aromatic carbocycles. The molecule has 2 aliphatic rings. The van der Waals surface area contributed by atoms with Gasteiger partial charge in [0.25, 0.3) is 0 Å². The Balaban J connectivity index is 1.84. The van der Waals surface area contributed by atoms with Crippen LogP contribution in [0.3, 0.4) is 0 Å². The van der Waals surface area contributed by atoms with Gasteiger partial charge in [-0.1, -0.05) is 0 Å². The highest BCUT2D eigenvalue weighted by atomic mass is 16.5. The van der Waals surface area contributed by atoms with Crippen molar-refractivity contribution in [2.45, 2.75) is 24.5 Å². The van der Waals surface area contributed by atoms with Crippen LogP contribution >= 0.6 is 0 Å². The van der Waals surface area contributed by atoms with Crippen LogP contribution in [-0.4, -0.2) is 36.5 Å². The van der Waals surface area contributed by atoms with Crippen LogP contribution in [-0.2, 0) is 4.74 Å². The first-order valence-corrected chi connectivity index (χ1v) is 3.82. The second-order valence-corrected chi connectivity index (χ2v) is 3.28. The third-order valence-electron chi connectivity index (χ3n) is 2.36. The molecule has 0 aromatic rings. The predicted molar refractivity (Wildman–Crippen MR) is 36.8 cm³/mol. The summed E-state index contributed by atoms with van der Waals surface area (Å²) in [4.78, 5) is 0. The molecule has 0 amide bonds. The number of aliphatic hydroxyl groups is 1. The van der Waals surface area contributed by atoms with E-state index in [9.17, 15) is 0 Å². The van der Waals surface area contributed by atoms with Gasteiger partial charge in [-0.15, -0.1) is 0 Å². The molecule has 1 saturated heterocycles. The van der Waals surface area contributed by atoms with Gasteiger partial charge in [0.05, 0.1) is 19.3 Å². The highest BCUT2D eigenvalue weighted by Crippen LogP contribution is 2.37. The van der Waals surface area contributed by atoms with E-state index in [1.54, 1.807) is 0 Å². The second-order valence-electron chi connectivity index (χ2n) is 3.28. The highest BCUT2D eigenvalue weighted by Gasteiger charge is 2.45. The Bertz CT molecular complexity index is 124. The van der Waals surface area contributed by atoms with Crippen LogP contribution in [0.1, 0.15) is 12.8 Å². The highest BCUT2D eigenvalue weighted by molar-refractivity contribution is 5.04. The summed E-state index contributed by atoms with van der Waals surface area (Å²) in [6.07, 6.45) is 2.52. The van der Waals surface area contributed by atoms with Crippen molar-refractivity contribution in [3.05, 3.63) is 0 Å². The second kappa shape index (κ2) is 2.19. The molecule has 1 heterocycles. The summed E-state index contributed by atoms with van der Waals surface area (Å²) in [5.41, 5.74) is 0.325. The van der Waals surface area contributed by atoms with Crippen molar-refractivity contribution < 1.29 is 9.84 Å². The molecule has 0 bridgehead atoms. The third-order valence-corrected chi connectivity index (χ3v) is 2.36. The topological polar surface area (TPSA) is 41.5 Å². The van der Waals surface area contributed by atoms with Crippen molar-refractivity contribution in [2.24, 2.45) is 0 Å². The summed E-state index contributed by atoms with van der Waals surface area (Å²) in [6.45, 7) is 1.75. The van der Waals surface area contributed by atoms with Gasteiger partial charge in [-0.05, 0) is 12.8 Å². The summed E-state index contributed by atoms with van der Waals surface area (Å²) in [7, 11) is 0. The number of rotatable bonds is 1. The van der Waals surface area contributed by atoms with Crippen LogP contribution in [0.5, 0.6) is 0 Å². The number of morpholine rings is 1. The zero-order valence-electron chi connectivity index (χ0n) is 5.97. The maximum Gasteiger partial charge on any atom is 0.0930 e. The minimum absolute atomic E-state index is 0.0335. The van der Waals surface area contributed by atoms with E-state index >= 15 is 0 Å². The number of hydrogen-bond donors (Lipinski definition) is 2. The Morgan fingerprint density at radius 2 is 2.40 bits per heavy atom. The minimum atomic E-state index is 0.0335. The molecule has 1 spiro atoms. The maximum absolute atomic E-state index is 8.72. The van der Waals surface area contributed by atoms with Gasteiger partial charge in [-0.3, -0.25) is 0 Å². The first-order chi connectivity index (χ1) is 4.85. The Hall–Kier alpha value is -0.120. The molecule has 3 nitrogen and oxygen atoms in total. The van der Waals surface area contributed by atoms with Crippen LogP contribution in [0.2, 0.25) is 0 Å². The van der Waals surface area contributed by atoms with Crippen LogP contribution in [0.4, 0.5) is 0 Å². The van der Waals surface area contributed by atoms with E-state index in [1.165, 1.54) is 12.8 Å². The van der Waals surface area contributed by atoms with E-state index in [2.05, 4.69) is 5.32 Å². The summed E-state index contributed by atoms with van der Waals surface area (Å²) in [6, 6.07) is 0. The van der Waals surface area contributed by atoms with Gasteiger partial charge in [0.2, 0.25) is 0 Å². The van der Waals surface area contributed by atoms with Gasteiger partial charge >= 0.3 is 0 Å². The Morgan fingerprint density at radius 3 is 2.80 bits per heavy atom. The zero-order valence-corrected chi connectivity index (χ0v) is 5.97. The van der Waals surface area contributed by atoms with Crippen molar-refractivity contribution in [3.63, 3.8) is 0 Å². The summed E-state index contributed by atoms with van der Waals surface area (Å²) >= 11 is 0. The third kappa shape index (κ3) is 1.05. The molecule has 3 heteroatoms. The van der Waals surface area contributed by atoms with Crippen LogP contribution in [0, 0.1) is 0 Å². The van der Waals surface area contributed by atoms with Crippen molar-refractivity contribution in [3.8, 4) is 0 Å². The van der Waals surface area contributed by atoms with Gasteiger partial charge in [0, 0.05) is 12.1 Å². The maximum atomic E-state index is 8.72. The fourth-order valence-corrected chi connectivity index (χ4v) is 1.31. The lowest BCUT2D eigenvalue weighted by atomic mass is 10.2. The van der Waals surface area contributed by atoms with Crippen molar-refractivity contribution in [1.82, 2.24) is 5.32 Å². The van der Waals surface area contributed by atoms with E-state index in [-0.39, 0.29) is 12.7 Å². The number of aliphatic hydroxyl groups excluding tert-OH is 1. The Labute approximate surface area is 60.4 Å². The van der Waals surface area contributed by atoms with E-state index in [0.29, 0.717) is 5.54 Å². The van der Waals surface area contributed by atoms with Crippen molar-refractivity contribution >= 4 is 0 Å². The summed E-state index contributed by atoms with van der Waals surface area (Å²) in [5.74, 6) is 0. The fourth-order valence-electron chi connectivity index (χ4n) is 1.31. The smallest absolute Gasteiger partial charge is 0.0930 e. The zero-order chi connectivity index (χ0) is 7.03. The van der Waals surface area contributed by atoms with Gasteiger partial charge in [-0.2, -0.15) is 0 Å². The van der Waals surface area contributed by atoms with E-state index in [1.807, 2.05) is 0 Å². The standard InChI is InChI=1S/C7H13NO2/c9-4-6-3-8-7(1-2-7)5-10-6/h6,8-9H,1-5H2. The number of hydrogen-bond acceptors (Lipinski definition) is 3. The molecular weight excluding hydrogens is 130 g/mol. The molecule has 1 saturated carbocycles. The molecule has 1 unspecified atom stereocenters. The van der Waals surface area contributed by atoms with Gasteiger partial charge in [0.1, 0.15) is 0 Å². The molecule has 1 aliphatic carbocycles. The largest absolute Gasteiger partial charge is 0.394 e. The van der Waals surface area contributed by atoms with E-state index in [4.69, 9.17) is 9.84 Å². The lowest BCUT2D eigenvalue weighted by Crippen LogP contribution is -2.49. The van der Waals surface area contributed by atoms with Crippen molar-refractivity contribution in [2.75, 3.05) is 19.8 Å². The molecule has 0 radical (unpaired) electrons. The normalized spacial score (nSPS) is 36.3. The first kappa shape index (κ1) is 6.58. The number of nitrogens with one attached hydrogen (secondary N) is 1. The molecule has 1 atom stereocenters. The summed E-state index contributed by atoms with van der Waals surface area (Å²) < 4.78 is 5.39. The van der Waals surface area contributed by atoms with Gasteiger partial charge < -0.3 is 15.2 Å². The van der Waals surface area contributed by atoms with E-state index in [0.717, 1.165) is 13.2 Å². The molecule has 58 valence electrons. The van der Waals surface area contributed by atoms with Crippen LogP contribution in [0.25, 0.3) is 0 Å². The average molecular weight is 143 g/mol. The lowest BCUT2D eigenvalue weighted by molar-refractivity contribution is -0.0312. The molecule has 2 rings (SSSR count). The van der Waals surface area contributed by atoms with E-state index < -0.39 is 0 Å². The predicted octanol–water partition coefficient (Wildman–Crippen LogP) is -0.500. The van der Waals surface area contributed by atoms with Crippen LogP contribution < -0.4 is 5.32 Å². The summed E-state index contributed by atoms with van der Waals surface area (Å²) in [5, 5.41) is 12.1. The minimum Gasteiger partial charge on any atom is -0.394 e. The first-order valence-electron chi connectivity index (χ1n) is 3.82. The fraction of sp³-hybridized carbons (Fsp3) is 1.00. The van der Waals surface area contributed by atoms with Crippen LogP contribution in [0.15, 0.2) is 0 Å². The Morgan fingerprint density at radius 1 is 1.60 bits per heavy atom. The molecular formula is C7H13NO2. The molecule has 2 N–H and O–H groups in total. The monoisotopic (exact) mass is 143 g/mol. The number of ether oxygens (including phenoxy) is 1. The Kier molecular flexibility index (Phi) is 1.44. The molecule has 2 fully saturated rings. The quantitative estimate of drug-likeness (QED) is 0.520. The average Bonchev–Trinajstić information content (AvgIpc) is 2.72. The van der Waals surface area contributed by atoms with Gasteiger partial charge in [0.15, 0.2) is 0 Å².